The molecule has 0 saturated heterocycles. The lowest BCUT2D eigenvalue weighted by Gasteiger charge is -2.34. The summed E-state index contributed by atoms with van der Waals surface area (Å²) in [7, 11) is 0. The molecule has 1 aliphatic carbocycles. The van der Waals surface area contributed by atoms with E-state index < -0.39 is 5.60 Å². The smallest absolute Gasteiger partial charge is 0.0830 e. The summed E-state index contributed by atoms with van der Waals surface area (Å²) >= 11 is 0. The number of rotatable bonds is 7. The summed E-state index contributed by atoms with van der Waals surface area (Å²) in [5.41, 5.74) is 9.47. The SMILES string of the molecule is CCC(CC)(c1ccc(C=CC2(O)CCCCC2)c(C)c1)c1ccc(-c2cncc(C)c2)c(C)c1. The molecule has 2 heteroatoms. The zero-order chi connectivity index (χ0) is 25.1. The Bertz CT molecular complexity index is 1200. The Balaban J connectivity index is 1.67. The van der Waals surface area contributed by atoms with Crippen LogP contribution in [0.3, 0.4) is 0 Å². The molecule has 0 atom stereocenters. The maximum atomic E-state index is 10.9. The number of nitrogens with zero attached hydrogens (tertiary/aromatic N) is 1. The van der Waals surface area contributed by atoms with E-state index >= 15 is 0 Å². The Hall–Kier alpha value is -2.71. The standard InChI is InChI=1S/C33H41NO/c1-6-33(7-2,30-13-14-31(26(5)21-30)28-19-24(3)22-34-23-28)29-12-11-27(25(4)20-29)15-18-32(35)16-9-8-10-17-32/h11-15,18-23,35H,6-10,16-17H2,1-5H3. The molecule has 3 aromatic rings. The largest absolute Gasteiger partial charge is 0.386 e. The average molecular weight is 468 g/mol. The van der Waals surface area contributed by atoms with Crippen LogP contribution in [0.15, 0.2) is 60.9 Å². The van der Waals surface area contributed by atoms with Gasteiger partial charge in [0.2, 0.25) is 0 Å². The van der Waals surface area contributed by atoms with Gasteiger partial charge < -0.3 is 5.11 Å². The molecule has 1 N–H and O–H groups in total. The third-order valence-corrected chi connectivity index (χ3v) is 8.29. The van der Waals surface area contributed by atoms with Gasteiger partial charge in [0.05, 0.1) is 5.60 Å². The predicted octanol–water partition coefficient (Wildman–Crippen LogP) is 8.49. The van der Waals surface area contributed by atoms with Gasteiger partial charge in [-0.15, -0.1) is 0 Å². The van der Waals surface area contributed by atoms with E-state index in [4.69, 9.17) is 0 Å². The number of aromatic nitrogens is 1. The molecular formula is C33H41NO. The number of aliphatic hydroxyl groups is 1. The first-order valence-corrected chi connectivity index (χ1v) is 13.4. The summed E-state index contributed by atoms with van der Waals surface area (Å²) in [6.45, 7) is 11.1. The van der Waals surface area contributed by atoms with Gasteiger partial charge in [0.15, 0.2) is 0 Å². The van der Waals surface area contributed by atoms with Gasteiger partial charge in [-0.2, -0.15) is 0 Å². The second-order valence-electron chi connectivity index (χ2n) is 10.6. The van der Waals surface area contributed by atoms with Crippen LogP contribution in [-0.4, -0.2) is 15.7 Å². The Morgan fingerprint density at radius 1 is 0.857 bits per heavy atom. The van der Waals surface area contributed by atoms with Crippen molar-refractivity contribution in [2.45, 2.75) is 90.6 Å². The van der Waals surface area contributed by atoms with Crippen LogP contribution in [-0.2, 0) is 5.41 Å². The zero-order valence-electron chi connectivity index (χ0n) is 22.2. The third-order valence-electron chi connectivity index (χ3n) is 8.29. The van der Waals surface area contributed by atoms with Gasteiger partial charge in [-0.25, -0.2) is 0 Å². The van der Waals surface area contributed by atoms with Crippen molar-refractivity contribution in [3.8, 4) is 11.1 Å². The summed E-state index contributed by atoms with van der Waals surface area (Å²) in [4.78, 5) is 4.40. The maximum absolute atomic E-state index is 10.9. The van der Waals surface area contributed by atoms with Gasteiger partial charge in [-0.1, -0.05) is 81.7 Å². The van der Waals surface area contributed by atoms with Crippen molar-refractivity contribution in [3.63, 3.8) is 0 Å². The van der Waals surface area contributed by atoms with Crippen molar-refractivity contribution in [2.75, 3.05) is 0 Å². The average Bonchev–Trinajstić information content (AvgIpc) is 2.85. The minimum atomic E-state index is -0.633. The summed E-state index contributed by atoms with van der Waals surface area (Å²) in [6.07, 6.45) is 15.4. The fourth-order valence-corrected chi connectivity index (χ4v) is 5.96. The molecule has 0 unspecified atom stereocenters. The van der Waals surface area contributed by atoms with Crippen LogP contribution in [0.5, 0.6) is 0 Å². The summed E-state index contributed by atoms with van der Waals surface area (Å²) in [5.74, 6) is 0. The lowest BCUT2D eigenvalue weighted by molar-refractivity contribution is 0.0521. The highest BCUT2D eigenvalue weighted by atomic mass is 16.3. The van der Waals surface area contributed by atoms with Gasteiger partial charge in [-0.05, 0) is 91.5 Å². The van der Waals surface area contributed by atoms with E-state index in [0.29, 0.717) is 0 Å². The number of hydrogen-bond donors (Lipinski definition) is 1. The molecule has 35 heavy (non-hydrogen) atoms. The first kappa shape index (κ1) is 25.4. The second kappa shape index (κ2) is 10.5. The minimum absolute atomic E-state index is 0.0251. The molecule has 0 spiro atoms. The summed E-state index contributed by atoms with van der Waals surface area (Å²) < 4.78 is 0. The molecule has 1 aliphatic rings. The van der Waals surface area contributed by atoms with Crippen molar-refractivity contribution in [1.82, 2.24) is 4.98 Å². The quantitative estimate of drug-likeness (QED) is 0.378. The molecule has 2 aromatic carbocycles. The molecule has 2 nitrogen and oxygen atoms in total. The van der Waals surface area contributed by atoms with E-state index in [-0.39, 0.29) is 5.41 Å². The van der Waals surface area contributed by atoms with E-state index in [1.165, 1.54) is 50.9 Å². The molecule has 1 heterocycles. The lowest BCUT2D eigenvalue weighted by atomic mass is 9.69. The number of pyridine rings is 1. The van der Waals surface area contributed by atoms with Crippen molar-refractivity contribution < 1.29 is 5.11 Å². The van der Waals surface area contributed by atoms with E-state index in [0.717, 1.165) is 38.5 Å². The van der Waals surface area contributed by atoms with E-state index in [2.05, 4.69) is 88.1 Å². The van der Waals surface area contributed by atoms with Crippen LogP contribution in [0.1, 0.15) is 92.2 Å². The van der Waals surface area contributed by atoms with Crippen LogP contribution in [0, 0.1) is 20.8 Å². The molecule has 4 rings (SSSR count). The fourth-order valence-electron chi connectivity index (χ4n) is 5.96. The van der Waals surface area contributed by atoms with Gasteiger partial charge in [0.25, 0.3) is 0 Å². The third kappa shape index (κ3) is 5.28. The van der Waals surface area contributed by atoms with E-state index in [9.17, 15) is 5.11 Å². The van der Waals surface area contributed by atoms with Crippen LogP contribution < -0.4 is 0 Å². The normalized spacial score (nSPS) is 16.1. The number of aryl methyl sites for hydroxylation is 3. The lowest BCUT2D eigenvalue weighted by Crippen LogP contribution is -2.28. The van der Waals surface area contributed by atoms with E-state index in [1.807, 2.05) is 18.5 Å². The molecule has 1 aromatic heterocycles. The molecule has 0 radical (unpaired) electrons. The Kier molecular flexibility index (Phi) is 7.62. The van der Waals surface area contributed by atoms with Crippen molar-refractivity contribution in [1.29, 1.82) is 0 Å². The highest BCUT2D eigenvalue weighted by Crippen LogP contribution is 2.41. The van der Waals surface area contributed by atoms with Gasteiger partial charge in [0, 0.05) is 23.4 Å². The van der Waals surface area contributed by atoms with Crippen molar-refractivity contribution >= 4 is 6.08 Å². The molecule has 0 bridgehead atoms. The molecule has 1 saturated carbocycles. The van der Waals surface area contributed by atoms with Crippen LogP contribution in [0.25, 0.3) is 17.2 Å². The first-order valence-electron chi connectivity index (χ1n) is 13.4. The number of benzene rings is 2. The number of hydrogen-bond acceptors (Lipinski definition) is 2. The molecule has 0 aliphatic heterocycles. The molecule has 1 fully saturated rings. The monoisotopic (exact) mass is 467 g/mol. The first-order chi connectivity index (χ1) is 16.8. The highest BCUT2D eigenvalue weighted by Gasteiger charge is 2.31. The van der Waals surface area contributed by atoms with E-state index in [1.54, 1.807) is 0 Å². The predicted molar refractivity (Wildman–Crippen MR) is 149 cm³/mol. The molecular weight excluding hydrogens is 426 g/mol. The van der Waals surface area contributed by atoms with Crippen molar-refractivity contribution in [2.24, 2.45) is 0 Å². The summed E-state index contributed by atoms with van der Waals surface area (Å²) in [5, 5.41) is 10.9. The fraction of sp³-hybridized carbons (Fsp3) is 0.424. The zero-order valence-corrected chi connectivity index (χ0v) is 22.2. The Morgan fingerprint density at radius 3 is 2.11 bits per heavy atom. The minimum Gasteiger partial charge on any atom is -0.386 e. The highest BCUT2D eigenvalue weighted by molar-refractivity contribution is 5.68. The maximum Gasteiger partial charge on any atom is 0.0830 e. The van der Waals surface area contributed by atoms with Crippen LogP contribution in [0.2, 0.25) is 0 Å². The van der Waals surface area contributed by atoms with Crippen LogP contribution >= 0.6 is 0 Å². The Morgan fingerprint density at radius 2 is 1.51 bits per heavy atom. The van der Waals surface area contributed by atoms with Gasteiger partial charge in [0.1, 0.15) is 0 Å². The van der Waals surface area contributed by atoms with Crippen LogP contribution in [0.4, 0.5) is 0 Å². The van der Waals surface area contributed by atoms with Crippen molar-refractivity contribution in [3.05, 3.63) is 94.3 Å². The van der Waals surface area contributed by atoms with Gasteiger partial charge in [-0.3, -0.25) is 4.98 Å². The molecule has 0 amide bonds. The molecule has 184 valence electrons. The second-order valence-corrected chi connectivity index (χ2v) is 10.6. The topological polar surface area (TPSA) is 33.1 Å². The van der Waals surface area contributed by atoms with Gasteiger partial charge >= 0.3 is 0 Å². The Labute approximate surface area is 212 Å². The summed E-state index contributed by atoms with van der Waals surface area (Å²) in [6, 6.07) is 16.1.